The van der Waals surface area contributed by atoms with Crippen molar-refractivity contribution in [3.05, 3.63) is 35.4 Å². The van der Waals surface area contributed by atoms with Gasteiger partial charge in [-0.15, -0.1) is 0 Å². The fraction of sp³-hybridized carbons (Fsp3) is 0.632. The van der Waals surface area contributed by atoms with Gasteiger partial charge in [0, 0.05) is 5.56 Å². The summed E-state index contributed by atoms with van der Waals surface area (Å²) in [5, 5.41) is 0. The largest absolute Gasteiger partial charge is 0.370 e. The van der Waals surface area contributed by atoms with E-state index in [0.29, 0.717) is 11.3 Å². The van der Waals surface area contributed by atoms with Crippen LogP contribution in [0.2, 0.25) is 0 Å². The van der Waals surface area contributed by atoms with E-state index in [-0.39, 0.29) is 18.5 Å². The number of Topliss-reactive ketones (excluding diaryl/α,β-unsaturated/α-hetero) is 1. The molecular formula is C19H28O2. The van der Waals surface area contributed by atoms with E-state index in [1.54, 1.807) is 0 Å². The van der Waals surface area contributed by atoms with E-state index in [2.05, 4.69) is 27.7 Å². The van der Waals surface area contributed by atoms with Crippen molar-refractivity contribution in [3.8, 4) is 0 Å². The average Bonchev–Trinajstić information content (AvgIpc) is 2.43. The molecule has 0 amide bonds. The minimum absolute atomic E-state index is 0.0914. The summed E-state index contributed by atoms with van der Waals surface area (Å²) in [6.07, 6.45) is 4.60. The van der Waals surface area contributed by atoms with Crippen molar-refractivity contribution in [1.82, 2.24) is 0 Å². The highest BCUT2D eigenvalue weighted by molar-refractivity contribution is 5.97. The lowest BCUT2D eigenvalue weighted by molar-refractivity contribution is -0.0167. The van der Waals surface area contributed by atoms with Gasteiger partial charge in [-0.05, 0) is 42.6 Å². The lowest BCUT2D eigenvalue weighted by Crippen LogP contribution is -2.33. The molecule has 1 aromatic rings. The average molecular weight is 288 g/mol. The molecule has 116 valence electrons. The molecule has 0 aliphatic heterocycles. The molecule has 2 nitrogen and oxygen atoms in total. The monoisotopic (exact) mass is 288 g/mol. The SMILES string of the molecule is CCc1ccc(C(=O)COC2CC(C)CC(C)(C)C2)cc1. The van der Waals surface area contributed by atoms with Crippen molar-refractivity contribution in [2.75, 3.05) is 6.61 Å². The van der Waals surface area contributed by atoms with E-state index in [9.17, 15) is 4.79 Å². The molecule has 0 radical (unpaired) electrons. The van der Waals surface area contributed by atoms with Gasteiger partial charge in [0.2, 0.25) is 0 Å². The van der Waals surface area contributed by atoms with Gasteiger partial charge in [-0.2, -0.15) is 0 Å². The standard InChI is InChI=1S/C19H28O2/c1-5-15-6-8-16(9-7-15)18(20)13-21-17-10-14(2)11-19(3,4)12-17/h6-9,14,17H,5,10-13H2,1-4H3. The van der Waals surface area contributed by atoms with Crippen LogP contribution in [0, 0.1) is 11.3 Å². The van der Waals surface area contributed by atoms with Gasteiger partial charge in [0.05, 0.1) is 6.10 Å². The zero-order valence-electron chi connectivity index (χ0n) is 13.8. The number of carbonyl (C=O) groups excluding carboxylic acids is 1. The summed E-state index contributed by atoms with van der Waals surface area (Å²) in [5.74, 6) is 0.770. The Labute approximate surface area is 128 Å². The number of ketones is 1. The smallest absolute Gasteiger partial charge is 0.188 e. The number of carbonyl (C=O) groups is 1. The molecule has 0 bridgehead atoms. The lowest BCUT2D eigenvalue weighted by Gasteiger charge is -2.38. The van der Waals surface area contributed by atoms with Gasteiger partial charge in [-0.1, -0.05) is 52.0 Å². The first-order valence-corrected chi connectivity index (χ1v) is 8.13. The molecule has 0 spiro atoms. The molecule has 0 saturated heterocycles. The van der Waals surface area contributed by atoms with Crippen LogP contribution in [0.4, 0.5) is 0 Å². The molecule has 1 aliphatic carbocycles. The lowest BCUT2D eigenvalue weighted by atomic mass is 9.71. The Morgan fingerprint density at radius 2 is 1.90 bits per heavy atom. The van der Waals surface area contributed by atoms with Crippen LogP contribution in [0.3, 0.4) is 0 Å². The number of hydrogen-bond acceptors (Lipinski definition) is 2. The predicted molar refractivity (Wildman–Crippen MR) is 86.7 cm³/mol. The van der Waals surface area contributed by atoms with Crippen molar-refractivity contribution in [3.63, 3.8) is 0 Å². The van der Waals surface area contributed by atoms with Crippen LogP contribution in [-0.4, -0.2) is 18.5 Å². The maximum Gasteiger partial charge on any atom is 0.188 e. The van der Waals surface area contributed by atoms with Gasteiger partial charge >= 0.3 is 0 Å². The summed E-state index contributed by atoms with van der Waals surface area (Å²) in [7, 11) is 0. The minimum Gasteiger partial charge on any atom is -0.370 e. The van der Waals surface area contributed by atoms with Crippen LogP contribution in [0.5, 0.6) is 0 Å². The van der Waals surface area contributed by atoms with E-state index in [1.807, 2.05) is 24.3 Å². The third-order valence-corrected chi connectivity index (χ3v) is 4.48. The molecule has 1 fully saturated rings. The zero-order chi connectivity index (χ0) is 15.5. The first-order chi connectivity index (χ1) is 9.89. The first-order valence-electron chi connectivity index (χ1n) is 8.13. The first kappa shape index (κ1) is 16.2. The van der Waals surface area contributed by atoms with Crippen LogP contribution < -0.4 is 0 Å². The maximum atomic E-state index is 12.2. The Morgan fingerprint density at radius 3 is 2.48 bits per heavy atom. The van der Waals surface area contributed by atoms with E-state index >= 15 is 0 Å². The van der Waals surface area contributed by atoms with E-state index in [4.69, 9.17) is 4.74 Å². The Bertz CT molecular complexity index is 473. The van der Waals surface area contributed by atoms with Crippen LogP contribution >= 0.6 is 0 Å². The number of hydrogen-bond donors (Lipinski definition) is 0. The van der Waals surface area contributed by atoms with E-state index < -0.39 is 0 Å². The van der Waals surface area contributed by atoms with Crippen LogP contribution in [0.25, 0.3) is 0 Å². The molecule has 0 aromatic heterocycles. The second kappa shape index (κ2) is 6.74. The maximum absolute atomic E-state index is 12.2. The van der Waals surface area contributed by atoms with E-state index in [0.717, 1.165) is 24.8 Å². The van der Waals surface area contributed by atoms with Gasteiger partial charge in [0.1, 0.15) is 6.61 Å². The highest BCUT2D eigenvalue weighted by Crippen LogP contribution is 2.39. The van der Waals surface area contributed by atoms with Crippen molar-refractivity contribution in [2.24, 2.45) is 11.3 Å². The van der Waals surface area contributed by atoms with Crippen LogP contribution in [0.15, 0.2) is 24.3 Å². The Balaban J connectivity index is 1.88. The summed E-state index contributed by atoms with van der Waals surface area (Å²) >= 11 is 0. The number of benzene rings is 1. The quantitative estimate of drug-likeness (QED) is 0.736. The molecular weight excluding hydrogens is 260 g/mol. The number of ether oxygens (including phenoxy) is 1. The second-order valence-corrected chi connectivity index (χ2v) is 7.32. The molecule has 1 saturated carbocycles. The highest BCUT2D eigenvalue weighted by Gasteiger charge is 2.32. The number of rotatable bonds is 5. The third kappa shape index (κ3) is 4.67. The predicted octanol–water partition coefficient (Wildman–Crippen LogP) is 4.66. The van der Waals surface area contributed by atoms with Crippen molar-refractivity contribution >= 4 is 5.78 Å². The minimum atomic E-state index is 0.0914. The van der Waals surface area contributed by atoms with Gasteiger partial charge in [-0.3, -0.25) is 4.79 Å². The third-order valence-electron chi connectivity index (χ3n) is 4.48. The van der Waals surface area contributed by atoms with Crippen LogP contribution in [-0.2, 0) is 11.2 Å². The summed E-state index contributed by atoms with van der Waals surface area (Å²) in [4.78, 5) is 12.2. The van der Waals surface area contributed by atoms with Crippen molar-refractivity contribution in [1.29, 1.82) is 0 Å². The van der Waals surface area contributed by atoms with Gasteiger partial charge < -0.3 is 4.74 Å². The molecule has 0 heterocycles. The van der Waals surface area contributed by atoms with Gasteiger partial charge in [-0.25, -0.2) is 0 Å². The summed E-state index contributed by atoms with van der Waals surface area (Å²) in [6, 6.07) is 7.88. The molecule has 0 N–H and O–H groups in total. The summed E-state index contributed by atoms with van der Waals surface area (Å²) in [6.45, 7) is 9.20. The molecule has 2 unspecified atom stereocenters. The molecule has 2 atom stereocenters. The molecule has 1 aromatic carbocycles. The molecule has 2 heteroatoms. The summed E-state index contributed by atoms with van der Waals surface area (Å²) < 4.78 is 5.91. The summed E-state index contributed by atoms with van der Waals surface area (Å²) in [5.41, 5.74) is 2.35. The normalized spacial score (nSPS) is 24.8. The van der Waals surface area contributed by atoms with Crippen molar-refractivity contribution < 1.29 is 9.53 Å². The zero-order valence-corrected chi connectivity index (χ0v) is 13.8. The van der Waals surface area contributed by atoms with Crippen molar-refractivity contribution in [2.45, 2.75) is 59.5 Å². The topological polar surface area (TPSA) is 26.3 Å². The van der Waals surface area contributed by atoms with Gasteiger partial charge in [0.25, 0.3) is 0 Å². The Hall–Kier alpha value is -1.15. The molecule has 2 rings (SSSR count). The molecule has 21 heavy (non-hydrogen) atoms. The fourth-order valence-corrected chi connectivity index (χ4v) is 3.59. The molecule has 1 aliphatic rings. The Kier molecular flexibility index (Phi) is 5.21. The Morgan fingerprint density at radius 1 is 1.24 bits per heavy atom. The van der Waals surface area contributed by atoms with E-state index in [1.165, 1.54) is 12.0 Å². The number of aryl methyl sites for hydroxylation is 1. The second-order valence-electron chi connectivity index (χ2n) is 7.32. The fourth-order valence-electron chi connectivity index (χ4n) is 3.59. The van der Waals surface area contributed by atoms with Gasteiger partial charge in [0.15, 0.2) is 5.78 Å². The van der Waals surface area contributed by atoms with Crippen LogP contribution in [0.1, 0.15) is 62.9 Å². The highest BCUT2D eigenvalue weighted by atomic mass is 16.5.